The quantitative estimate of drug-likeness (QED) is 0.351. The highest BCUT2D eigenvalue weighted by molar-refractivity contribution is 6.14. The molecular weight excluding hydrogens is 412 g/mol. The average molecular weight is 434 g/mol. The van der Waals surface area contributed by atoms with Crippen LogP contribution in [0.25, 0.3) is 32.9 Å². The number of amides is 1. The van der Waals surface area contributed by atoms with Crippen LogP contribution in [0.2, 0.25) is 0 Å². The Balaban J connectivity index is 1.63. The molecule has 0 radical (unpaired) electrons. The second kappa shape index (κ2) is 8.63. The molecule has 1 heterocycles. The molecule has 0 saturated carbocycles. The van der Waals surface area contributed by atoms with Gasteiger partial charge in [-0.05, 0) is 35.0 Å². The van der Waals surface area contributed by atoms with Crippen molar-refractivity contribution < 1.29 is 14.3 Å². The van der Waals surface area contributed by atoms with E-state index in [0.29, 0.717) is 22.7 Å². The number of carbonyl (C=O) groups excluding carboxylic acids is 1. The number of hydrogen-bond donors (Lipinski definition) is 1. The minimum atomic E-state index is -0.237. The third kappa shape index (κ3) is 3.85. The van der Waals surface area contributed by atoms with Gasteiger partial charge in [-0.25, -0.2) is 4.98 Å². The highest BCUT2D eigenvalue weighted by Gasteiger charge is 2.17. The largest absolute Gasteiger partial charge is 0.497 e. The van der Waals surface area contributed by atoms with Crippen molar-refractivity contribution in [3.8, 4) is 22.8 Å². The number of para-hydroxylation sites is 1. The number of nitrogens with zero attached hydrogens (tertiary/aromatic N) is 1. The monoisotopic (exact) mass is 434 g/mol. The maximum absolute atomic E-state index is 13.5. The first-order valence-corrected chi connectivity index (χ1v) is 10.6. The lowest BCUT2D eigenvalue weighted by molar-refractivity contribution is 0.102. The van der Waals surface area contributed by atoms with Crippen molar-refractivity contribution in [2.45, 2.75) is 0 Å². The number of benzene rings is 4. The van der Waals surface area contributed by atoms with Crippen LogP contribution >= 0.6 is 0 Å². The van der Waals surface area contributed by atoms with E-state index in [1.807, 2.05) is 54.6 Å². The fourth-order valence-electron chi connectivity index (χ4n) is 4.04. The van der Waals surface area contributed by atoms with Crippen LogP contribution in [0.1, 0.15) is 10.4 Å². The first-order chi connectivity index (χ1) is 16.2. The van der Waals surface area contributed by atoms with Crippen LogP contribution in [0.15, 0.2) is 91.0 Å². The third-order valence-corrected chi connectivity index (χ3v) is 5.68. The van der Waals surface area contributed by atoms with E-state index in [9.17, 15) is 4.79 Å². The molecule has 1 aromatic heterocycles. The van der Waals surface area contributed by atoms with Gasteiger partial charge in [0.2, 0.25) is 0 Å². The molecule has 0 fully saturated rings. The van der Waals surface area contributed by atoms with E-state index in [4.69, 9.17) is 14.5 Å². The number of fused-ring (bicyclic) bond motifs is 2. The van der Waals surface area contributed by atoms with E-state index in [1.54, 1.807) is 32.4 Å². The van der Waals surface area contributed by atoms with Gasteiger partial charge in [-0.2, -0.15) is 0 Å². The van der Waals surface area contributed by atoms with E-state index >= 15 is 0 Å². The SMILES string of the molecule is COc1ccc(NC(=O)c2cc(-c3cccc4ccccc34)nc3ccccc23)c(OC)c1. The Morgan fingerprint density at radius 1 is 0.788 bits per heavy atom. The molecule has 4 aromatic carbocycles. The Morgan fingerprint density at radius 2 is 1.55 bits per heavy atom. The van der Waals surface area contributed by atoms with Crippen LogP contribution in [0.3, 0.4) is 0 Å². The molecule has 0 atom stereocenters. The summed E-state index contributed by atoms with van der Waals surface area (Å²) >= 11 is 0. The van der Waals surface area contributed by atoms with Crippen LogP contribution in [0.4, 0.5) is 5.69 Å². The second-order valence-corrected chi connectivity index (χ2v) is 7.62. The van der Waals surface area contributed by atoms with Gasteiger partial charge in [-0.3, -0.25) is 4.79 Å². The molecule has 0 aliphatic carbocycles. The van der Waals surface area contributed by atoms with Gasteiger partial charge in [0, 0.05) is 17.0 Å². The lowest BCUT2D eigenvalue weighted by Gasteiger charge is -2.14. The molecule has 5 rings (SSSR count). The summed E-state index contributed by atoms with van der Waals surface area (Å²) in [7, 11) is 3.15. The maximum Gasteiger partial charge on any atom is 0.256 e. The van der Waals surface area contributed by atoms with Gasteiger partial charge in [-0.1, -0.05) is 60.7 Å². The molecule has 1 amide bonds. The predicted octanol–water partition coefficient (Wildman–Crippen LogP) is 6.32. The summed E-state index contributed by atoms with van der Waals surface area (Å²) in [6.07, 6.45) is 0. The Hall–Kier alpha value is -4.38. The molecule has 5 nitrogen and oxygen atoms in total. The van der Waals surface area contributed by atoms with Crippen molar-refractivity contribution in [2.75, 3.05) is 19.5 Å². The van der Waals surface area contributed by atoms with Gasteiger partial charge < -0.3 is 14.8 Å². The number of anilines is 1. The van der Waals surface area contributed by atoms with E-state index in [0.717, 1.165) is 32.9 Å². The number of rotatable bonds is 5. The smallest absolute Gasteiger partial charge is 0.256 e. The lowest BCUT2D eigenvalue weighted by atomic mass is 9.99. The van der Waals surface area contributed by atoms with Crippen molar-refractivity contribution in [2.24, 2.45) is 0 Å². The lowest BCUT2D eigenvalue weighted by Crippen LogP contribution is -2.14. The Bertz CT molecular complexity index is 1490. The van der Waals surface area contributed by atoms with E-state index in [1.165, 1.54) is 0 Å². The summed E-state index contributed by atoms with van der Waals surface area (Å²) in [6.45, 7) is 0. The fourth-order valence-corrected chi connectivity index (χ4v) is 4.04. The van der Waals surface area contributed by atoms with E-state index in [2.05, 4.69) is 23.5 Å². The molecule has 0 aliphatic heterocycles. The van der Waals surface area contributed by atoms with E-state index in [-0.39, 0.29) is 5.91 Å². The van der Waals surface area contributed by atoms with Crippen molar-refractivity contribution in [3.05, 3.63) is 96.6 Å². The zero-order chi connectivity index (χ0) is 22.8. The summed E-state index contributed by atoms with van der Waals surface area (Å²) < 4.78 is 10.7. The van der Waals surface area contributed by atoms with Gasteiger partial charge in [0.25, 0.3) is 5.91 Å². The van der Waals surface area contributed by atoms with Crippen LogP contribution in [0.5, 0.6) is 11.5 Å². The molecule has 0 aliphatic rings. The molecule has 5 aromatic rings. The molecule has 33 heavy (non-hydrogen) atoms. The molecule has 1 N–H and O–H groups in total. The standard InChI is InChI=1S/C28H22N2O3/c1-32-19-14-15-25(27(16-19)33-2)30-28(31)23-17-26(29-24-13-6-5-11-22(23)24)21-12-7-9-18-8-3-4-10-20(18)21/h3-17H,1-2H3,(H,30,31). The van der Waals surface area contributed by atoms with E-state index < -0.39 is 0 Å². The van der Waals surface area contributed by atoms with Crippen LogP contribution in [-0.2, 0) is 0 Å². The van der Waals surface area contributed by atoms with Crippen molar-refractivity contribution >= 4 is 33.3 Å². The number of carbonyl (C=O) groups is 1. The van der Waals surface area contributed by atoms with Crippen molar-refractivity contribution in [3.63, 3.8) is 0 Å². The molecule has 0 bridgehead atoms. The van der Waals surface area contributed by atoms with Crippen molar-refractivity contribution in [1.82, 2.24) is 4.98 Å². The van der Waals surface area contributed by atoms with Gasteiger partial charge >= 0.3 is 0 Å². The number of hydrogen-bond acceptors (Lipinski definition) is 4. The molecule has 162 valence electrons. The number of nitrogens with one attached hydrogen (secondary N) is 1. The molecular formula is C28H22N2O3. The van der Waals surface area contributed by atoms with Gasteiger partial charge in [-0.15, -0.1) is 0 Å². The van der Waals surface area contributed by atoms with Crippen LogP contribution < -0.4 is 14.8 Å². The second-order valence-electron chi connectivity index (χ2n) is 7.62. The molecule has 0 unspecified atom stereocenters. The zero-order valence-electron chi connectivity index (χ0n) is 18.3. The Labute approximate surface area is 191 Å². The van der Waals surface area contributed by atoms with Crippen LogP contribution in [0, 0.1) is 0 Å². The summed E-state index contributed by atoms with van der Waals surface area (Å²) in [5, 5.41) is 5.99. The predicted molar refractivity (Wildman–Crippen MR) is 132 cm³/mol. The number of pyridine rings is 1. The number of ether oxygens (including phenoxy) is 2. The highest BCUT2D eigenvalue weighted by atomic mass is 16.5. The maximum atomic E-state index is 13.5. The number of aromatic nitrogens is 1. The molecule has 5 heteroatoms. The molecule has 0 spiro atoms. The third-order valence-electron chi connectivity index (χ3n) is 5.68. The minimum absolute atomic E-state index is 0.237. The van der Waals surface area contributed by atoms with Gasteiger partial charge in [0.1, 0.15) is 11.5 Å². The Kier molecular flexibility index (Phi) is 5.37. The highest BCUT2D eigenvalue weighted by Crippen LogP contribution is 2.32. The fraction of sp³-hybridized carbons (Fsp3) is 0.0714. The van der Waals surface area contributed by atoms with Crippen molar-refractivity contribution in [1.29, 1.82) is 0 Å². The summed E-state index contributed by atoms with van der Waals surface area (Å²) in [4.78, 5) is 18.4. The number of methoxy groups -OCH3 is 2. The zero-order valence-corrected chi connectivity index (χ0v) is 18.3. The average Bonchev–Trinajstić information content (AvgIpc) is 2.87. The van der Waals surface area contributed by atoms with Gasteiger partial charge in [0.15, 0.2) is 0 Å². The van der Waals surface area contributed by atoms with Gasteiger partial charge in [0.05, 0.1) is 36.7 Å². The first kappa shape index (κ1) is 20.5. The topological polar surface area (TPSA) is 60.5 Å². The summed E-state index contributed by atoms with van der Waals surface area (Å²) in [5.74, 6) is 0.936. The summed E-state index contributed by atoms with van der Waals surface area (Å²) in [6, 6.07) is 29.1. The Morgan fingerprint density at radius 3 is 2.36 bits per heavy atom. The van der Waals surface area contributed by atoms with Crippen LogP contribution in [-0.4, -0.2) is 25.1 Å². The first-order valence-electron chi connectivity index (χ1n) is 10.6. The summed E-state index contributed by atoms with van der Waals surface area (Å²) in [5.41, 5.74) is 3.60. The normalized spacial score (nSPS) is 10.8. The minimum Gasteiger partial charge on any atom is -0.497 e. The molecule has 0 saturated heterocycles.